The lowest BCUT2D eigenvalue weighted by Crippen LogP contribution is -2.51. The molecule has 2 aliphatic heterocycles. The number of piperidine rings is 1. The fourth-order valence-electron chi connectivity index (χ4n) is 6.45. The summed E-state index contributed by atoms with van der Waals surface area (Å²) in [6, 6.07) is 10.2. The van der Waals surface area contributed by atoms with E-state index in [-0.39, 0.29) is 10.9 Å². The van der Waals surface area contributed by atoms with E-state index in [1.807, 2.05) is 10.6 Å². The van der Waals surface area contributed by atoms with Crippen LogP contribution in [0.4, 0.5) is 19.0 Å². The fourth-order valence-corrected chi connectivity index (χ4v) is 8.15. The molecule has 0 atom stereocenters. The van der Waals surface area contributed by atoms with Crippen LogP contribution in [0.2, 0.25) is 0 Å². The minimum Gasteiger partial charge on any atom is -0.367 e. The number of hydrogen-bond acceptors (Lipinski definition) is 9. The van der Waals surface area contributed by atoms with Crippen molar-refractivity contribution in [1.29, 1.82) is 5.26 Å². The normalized spacial score (nSPS) is 18.0. The summed E-state index contributed by atoms with van der Waals surface area (Å²) in [5.74, 6) is 0.581. The molecule has 6 rings (SSSR count). The monoisotopic (exact) mass is 675 g/mol. The Morgan fingerprint density at radius 3 is 2.46 bits per heavy atom. The van der Waals surface area contributed by atoms with E-state index in [9.17, 15) is 26.9 Å². The Morgan fingerprint density at radius 1 is 1.04 bits per heavy atom. The van der Waals surface area contributed by atoms with Crippen molar-refractivity contribution in [3.63, 3.8) is 0 Å². The van der Waals surface area contributed by atoms with Gasteiger partial charge in [0.25, 0.3) is 10.2 Å². The van der Waals surface area contributed by atoms with E-state index in [0.717, 1.165) is 60.3 Å². The number of piperazine rings is 1. The molecule has 11 nitrogen and oxygen atoms in total. The summed E-state index contributed by atoms with van der Waals surface area (Å²) in [5, 5.41) is 20.3. The lowest BCUT2D eigenvalue weighted by Gasteiger charge is -2.33. The lowest BCUT2D eigenvalue weighted by molar-refractivity contribution is -0.126. The maximum Gasteiger partial charge on any atom is 0.393 e. The molecule has 0 amide bonds. The predicted octanol–water partition coefficient (Wildman–Crippen LogP) is 3.83. The Hall–Kier alpha value is -3.33. The molecular weight excluding hydrogens is 640 g/mol. The molecule has 2 saturated heterocycles. The first-order chi connectivity index (χ1) is 21.9. The van der Waals surface area contributed by atoms with Crippen molar-refractivity contribution in [2.45, 2.75) is 51.5 Å². The SMILES string of the molecule is Cc1c(CN2CCC(Nc3ncnc4sc(CC(F)(F)F)cc34)CC2)ccc2c1cc(C#N)n2CCN1CCN(S(N)(=O)=O)CC1. The third kappa shape index (κ3) is 7.29. The van der Waals surface area contributed by atoms with Gasteiger partial charge in [-0.15, -0.1) is 11.3 Å². The molecule has 0 aliphatic carbocycles. The van der Waals surface area contributed by atoms with Crippen LogP contribution in [0.1, 0.15) is 34.5 Å². The minimum absolute atomic E-state index is 0.152. The third-order valence-corrected chi connectivity index (χ3v) is 11.1. The van der Waals surface area contributed by atoms with Crippen LogP contribution in [-0.2, 0) is 29.7 Å². The first-order valence-corrected chi connectivity index (χ1v) is 17.5. The topological polar surface area (TPSA) is 136 Å². The molecule has 4 aromatic rings. The van der Waals surface area contributed by atoms with Crippen molar-refractivity contribution in [3.8, 4) is 6.07 Å². The summed E-state index contributed by atoms with van der Waals surface area (Å²) >= 11 is 1.05. The van der Waals surface area contributed by atoms with E-state index in [2.05, 4.69) is 50.2 Å². The second kappa shape index (κ2) is 13.1. The van der Waals surface area contributed by atoms with Gasteiger partial charge in [-0.2, -0.15) is 31.2 Å². The lowest BCUT2D eigenvalue weighted by atomic mass is 10.0. The summed E-state index contributed by atoms with van der Waals surface area (Å²) in [7, 11) is -3.68. The van der Waals surface area contributed by atoms with Crippen LogP contribution >= 0.6 is 11.3 Å². The number of nitrogens with zero attached hydrogens (tertiary/aromatic N) is 7. The van der Waals surface area contributed by atoms with Crippen molar-refractivity contribution in [2.75, 3.05) is 51.1 Å². The number of fused-ring (bicyclic) bond motifs is 2. The summed E-state index contributed by atoms with van der Waals surface area (Å²) < 4.78 is 65.3. The van der Waals surface area contributed by atoms with Crippen LogP contribution in [0, 0.1) is 18.3 Å². The zero-order valence-electron chi connectivity index (χ0n) is 25.4. The Morgan fingerprint density at radius 2 is 1.78 bits per heavy atom. The van der Waals surface area contributed by atoms with Gasteiger partial charge in [0.2, 0.25) is 0 Å². The second-order valence-electron chi connectivity index (χ2n) is 12.0. The van der Waals surface area contributed by atoms with Gasteiger partial charge in [0.1, 0.15) is 28.7 Å². The standard InChI is InChI=1S/C30H36F3N9O2S2/c1-20-21(2-3-27-25(20)14-23(17-34)42(27)13-10-39-8-11-41(12-9-39)46(35,43)44)18-40-6-4-22(5-7-40)38-28-26-15-24(16-30(31,32)33)45-29(26)37-19-36-28/h2-3,14-15,19,22H,4-13,16,18H2,1H3,(H2,35,43,44)(H,36,37,38). The van der Waals surface area contributed by atoms with Gasteiger partial charge < -0.3 is 9.88 Å². The van der Waals surface area contributed by atoms with Crippen LogP contribution in [0.15, 0.2) is 30.6 Å². The van der Waals surface area contributed by atoms with Gasteiger partial charge in [-0.3, -0.25) is 9.80 Å². The zero-order chi connectivity index (χ0) is 32.6. The quantitative estimate of drug-likeness (QED) is 0.273. The van der Waals surface area contributed by atoms with Crippen molar-refractivity contribution in [3.05, 3.63) is 52.3 Å². The van der Waals surface area contributed by atoms with Gasteiger partial charge in [-0.05, 0) is 49.1 Å². The summed E-state index contributed by atoms with van der Waals surface area (Å²) in [4.78, 5) is 13.9. The summed E-state index contributed by atoms with van der Waals surface area (Å²) in [6.45, 7) is 7.80. The van der Waals surface area contributed by atoms with Crippen molar-refractivity contribution in [1.82, 2.24) is 28.6 Å². The number of alkyl halides is 3. The number of anilines is 1. The molecule has 0 bridgehead atoms. The van der Waals surface area contributed by atoms with Crippen molar-refractivity contribution < 1.29 is 21.6 Å². The largest absolute Gasteiger partial charge is 0.393 e. The predicted molar refractivity (Wildman–Crippen MR) is 172 cm³/mol. The molecule has 46 heavy (non-hydrogen) atoms. The Balaban J connectivity index is 1.07. The molecule has 246 valence electrons. The molecule has 3 aromatic heterocycles. The van der Waals surface area contributed by atoms with Crippen molar-refractivity contribution in [2.24, 2.45) is 5.14 Å². The number of nitriles is 1. The number of likely N-dealkylation sites (tertiary alicyclic amines) is 1. The first kappa shape index (κ1) is 32.6. The molecule has 2 aliphatic rings. The molecule has 1 aromatic carbocycles. The highest BCUT2D eigenvalue weighted by Crippen LogP contribution is 2.33. The average Bonchev–Trinajstić information content (AvgIpc) is 3.58. The smallest absolute Gasteiger partial charge is 0.367 e. The molecule has 16 heteroatoms. The highest BCUT2D eigenvalue weighted by Gasteiger charge is 2.29. The molecule has 0 unspecified atom stereocenters. The van der Waals surface area contributed by atoms with E-state index in [1.165, 1.54) is 16.2 Å². The van der Waals surface area contributed by atoms with Crippen LogP contribution in [0.3, 0.4) is 0 Å². The van der Waals surface area contributed by atoms with Crippen LogP contribution < -0.4 is 10.5 Å². The molecule has 0 radical (unpaired) electrons. The zero-order valence-corrected chi connectivity index (χ0v) is 27.1. The molecule has 0 saturated carbocycles. The highest BCUT2D eigenvalue weighted by atomic mass is 32.2. The van der Waals surface area contributed by atoms with Crippen molar-refractivity contribution >= 4 is 48.5 Å². The van der Waals surface area contributed by atoms with Gasteiger partial charge >= 0.3 is 6.18 Å². The number of nitrogens with one attached hydrogen (secondary N) is 1. The van der Waals surface area contributed by atoms with Crippen LogP contribution in [0.25, 0.3) is 21.1 Å². The van der Waals surface area contributed by atoms with Gasteiger partial charge in [-0.1, -0.05) is 6.07 Å². The first-order valence-electron chi connectivity index (χ1n) is 15.2. The van der Waals surface area contributed by atoms with E-state index in [4.69, 9.17) is 5.14 Å². The molecular formula is C30H36F3N9O2S2. The fraction of sp³-hybridized carbons (Fsp3) is 0.500. The van der Waals surface area contributed by atoms with Gasteiger partial charge in [0.05, 0.1) is 11.8 Å². The number of benzene rings is 1. The van der Waals surface area contributed by atoms with E-state index < -0.39 is 22.8 Å². The van der Waals surface area contributed by atoms with Crippen LogP contribution in [-0.4, -0.2) is 95.1 Å². The number of hydrogen-bond donors (Lipinski definition) is 2. The number of aryl methyl sites for hydroxylation is 1. The highest BCUT2D eigenvalue weighted by molar-refractivity contribution is 7.86. The Labute approximate surface area is 269 Å². The van der Waals surface area contributed by atoms with Gasteiger partial charge in [0, 0.05) is 80.7 Å². The molecule has 0 spiro atoms. The maximum atomic E-state index is 12.9. The van der Waals surface area contributed by atoms with E-state index in [0.29, 0.717) is 61.0 Å². The van der Waals surface area contributed by atoms with E-state index in [1.54, 1.807) is 6.07 Å². The molecule has 5 heterocycles. The van der Waals surface area contributed by atoms with Gasteiger partial charge in [-0.25, -0.2) is 15.1 Å². The second-order valence-corrected chi connectivity index (χ2v) is 14.7. The molecule has 3 N–H and O–H groups in total. The summed E-state index contributed by atoms with van der Waals surface area (Å²) in [5.41, 5.74) is 3.95. The summed E-state index contributed by atoms with van der Waals surface area (Å²) in [6.07, 6.45) is -2.10. The number of thiophene rings is 1. The molecule has 2 fully saturated rings. The minimum atomic E-state index is -4.27. The number of halogens is 3. The van der Waals surface area contributed by atoms with E-state index >= 15 is 0 Å². The average molecular weight is 676 g/mol. The number of nitrogens with two attached hydrogens (primary N) is 1. The maximum absolute atomic E-state index is 12.9. The number of rotatable bonds is 9. The van der Waals surface area contributed by atoms with Gasteiger partial charge in [0.15, 0.2) is 0 Å². The third-order valence-electron chi connectivity index (χ3n) is 8.99. The number of aromatic nitrogens is 3. The Kier molecular flexibility index (Phi) is 9.25. The van der Waals surface area contributed by atoms with Crippen LogP contribution in [0.5, 0.6) is 0 Å². The Bertz CT molecular complexity index is 1870.